The van der Waals surface area contributed by atoms with Crippen LogP contribution in [0.3, 0.4) is 0 Å². The largest absolute Gasteiger partial charge is 0.360 e. The van der Waals surface area contributed by atoms with Gasteiger partial charge in [-0.1, -0.05) is 23.7 Å². The van der Waals surface area contributed by atoms with Crippen molar-refractivity contribution in [2.45, 2.75) is 0 Å². The normalized spacial score (nSPS) is 10.5. The number of aromatic amines is 1. The van der Waals surface area contributed by atoms with Crippen molar-refractivity contribution in [3.05, 3.63) is 70.1 Å². The van der Waals surface area contributed by atoms with Crippen LogP contribution in [0.2, 0.25) is 5.02 Å². The van der Waals surface area contributed by atoms with Crippen LogP contribution in [0, 0.1) is 17.1 Å². The maximum atomic E-state index is 14.0. The second kappa shape index (κ2) is 5.04. The molecule has 0 spiro atoms. The van der Waals surface area contributed by atoms with Crippen molar-refractivity contribution in [2.24, 2.45) is 0 Å². The van der Waals surface area contributed by atoms with E-state index in [1.807, 2.05) is 6.07 Å². The molecule has 0 aliphatic heterocycles. The van der Waals surface area contributed by atoms with Gasteiger partial charge in [0.1, 0.15) is 0 Å². The van der Waals surface area contributed by atoms with Crippen LogP contribution in [0.1, 0.15) is 21.5 Å². The number of fused-ring (bicyclic) bond motifs is 1. The molecule has 5 heteroatoms. The molecule has 0 fully saturated rings. The lowest BCUT2D eigenvalue weighted by atomic mass is 9.99. The minimum Gasteiger partial charge on any atom is -0.360 e. The Morgan fingerprint density at radius 3 is 2.71 bits per heavy atom. The standard InChI is InChI=1S/C16H8ClFN2O/c17-12-5-2-4-10(15(12)18)16(21)11-8-20-13-6-1-3-9(7-19)14(11)13/h1-6,8,20H. The highest BCUT2D eigenvalue weighted by atomic mass is 35.5. The molecular formula is C16H8ClFN2O. The third-order valence-corrected chi connectivity index (χ3v) is 3.56. The summed E-state index contributed by atoms with van der Waals surface area (Å²) < 4.78 is 14.0. The second-order valence-electron chi connectivity index (χ2n) is 4.47. The molecule has 102 valence electrons. The van der Waals surface area contributed by atoms with Crippen molar-refractivity contribution in [3.63, 3.8) is 0 Å². The molecule has 2 aromatic carbocycles. The molecule has 0 atom stereocenters. The molecule has 21 heavy (non-hydrogen) atoms. The Bertz CT molecular complexity index is 908. The maximum Gasteiger partial charge on any atom is 0.198 e. The van der Waals surface area contributed by atoms with Gasteiger partial charge in [0.2, 0.25) is 0 Å². The molecule has 0 saturated heterocycles. The van der Waals surface area contributed by atoms with Gasteiger partial charge in [0.05, 0.1) is 22.2 Å². The summed E-state index contributed by atoms with van der Waals surface area (Å²) in [5.74, 6) is -1.27. The Morgan fingerprint density at radius 2 is 1.95 bits per heavy atom. The third kappa shape index (κ3) is 2.08. The summed E-state index contributed by atoms with van der Waals surface area (Å²) in [5, 5.41) is 9.54. The molecule has 0 amide bonds. The van der Waals surface area contributed by atoms with Crippen LogP contribution in [-0.2, 0) is 0 Å². The summed E-state index contributed by atoms with van der Waals surface area (Å²) in [7, 11) is 0. The van der Waals surface area contributed by atoms with E-state index in [1.165, 1.54) is 24.4 Å². The van der Waals surface area contributed by atoms with Gasteiger partial charge in [-0.05, 0) is 24.3 Å². The minimum atomic E-state index is -0.757. The predicted octanol–water partition coefficient (Wildman–Crippen LogP) is 4.06. The number of carbonyl (C=O) groups is 1. The van der Waals surface area contributed by atoms with Crippen molar-refractivity contribution in [3.8, 4) is 6.07 Å². The molecule has 0 aliphatic rings. The molecule has 0 radical (unpaired) electrons. The molecule has 0 saturated carbocycles. The summed E-state index contributed by atoms with van der Waals surface area (Å²) in [4.78, 5) is 15.5. The Morgan fingerprint density at radius 1 is 1.19 bits per heavy atom. The number of rotatable bonds is 2. The van der Waals surface area contributed by atoms with Crippen LogP contribution in [0.4, 0.5) is 4.39 Å². The zero-order valence-corrected chi connectivity index (χ0v) is 11.4. The number of H-pyrrole nitrogens is 1. The molecule has 0 bridgehead atoms. The predicted molar refractivity (Wildman–Crippen MR) is 77.9 cm³/mol. The number of nitrogens with zero attached hydrogens (tertiary/aromatic N) is 1. The Kier molecular flexibility index (Phi) is 3.20. The molecule has 0 aliphatic carbocycles. The van der Waals surface area contributed by atoms with Crippen LogP contribution in [0.5, 0.6) is 0 Å². The van der Waals surface area contributed by atoms with Gasteiger partial charge in [0.15, 0.2) is 11.6 Å². The van der Waals surface area contributed by atoms with Gasteiger partial charge >= 0.3 is 0 Å². The SMILES string of the molecule is N#Cc1cccc2[nH]cc(C(=O)c3cccc(Cl)c3F)c12. The fraction of sp³-hybridized carbons (Fsp3) is 0. The molecule has 3 nitrogen and oxygen atoms in total. The molecule has 1 N–H and O–H groups in total. The fourth-order valence-electron chi connectivity index (χ4n) is 2.28. The quantitative estimate of drug-likeness (QED) is 0.725. The summed E-state index contributed by atoms with van der Waals surface area (Å²) in [6, 6.07) is 11.4. The number of nitrogens with one attached hydrogen (secondary N) is 1. The zero-order chi connectivity index (χ0) is 15.0. The lowest BCUT2D eigenvalue weighted by Crippen LogP contribution is -2.04. The minimum absolute atomic E-state index is 0.110. The Hall–Kier alpha value is -2.64. The topological polar surface area (TPSA) is 56.6 Å². The van der Waals surface area contributed by atoms with Crippen molar-refractivity contribution >= 4 is 28.3 Å². The highest BCUT2D eigenvalue weighted by Crippen LogP contribution is 2.27. The van der Waals surface area contributed by atoms with Crippen molar-refractivity contribution in [2.75, 3.05) is 0 Å². The van der Waals surface area contributed by atoms with Crippen LogP contribution >= 0.6 is 11.6 Å². The van der Waals surface area contributed by atoms with E-state index in [0.717, 1.165) is 0 Å². The number of hydrogen-bond donors (Lipinski definition) is 1. The van der Waals surface area contributed by atoms with E-state index in [2.05, 4.69) is 4.98 Å². The van der Waals surface area contributed by atoms with Gasteiger partial charge in [-0.3, -0.25) is 4.79 Å². The van der Waals surface area contributed by atoms with Gasteiger partial charge in [0, 0.05) is 22.7 Å². The zero-order valence-electron chi connectivity index (χ0n) is 10.7. The van der Waals surface area contributed by atoms with E-state index in [1.54, 1.807) is 18.2 Å². The maximum absolute atomic E-state index is 14.0. The summed E-state index contributed by atoms with van der Waals surface area (Å²) >= 11 is 5.71. The average molecular weight is 299 g/mol. The molecule has 3 aromatic rings. The van der Waals surface area contributed by atoms with Gasteiger partial charge in [-0.25, -0.2) is 4.39 Å². The monoisotopic (exact) mass is 298 g/mol. The highest BCUT2D eigenvalue weighted by molar-refractivity contribution is 6.31. The van der Waals surface area contributed by atoms with E-state index in [4.69, 9.17) is 16.9 Å². The lowest BCUT2D eigenvalue weighted by Gasteiger charge is -2.03. The Balaban J connectivity index is 2.24. The lowest BCUT2D eigenvalue weighted by molar-refractivity contribution is 0.103. The summed E-state index contributed by atoms with van der Waals surface area (Å²) in [5.41, 5.74) is 1.15. The molecular weight excluding hydrogens is 291 g/mol. The number of nitriles is 1. The highest BCUT2D eigenvalue weighted by Gasteiger charge is 2.20. The molecule has 3 rings (SSSR count). The van der Waals surface area contributed by atoms with Crippen molar-refractivity contribution < 1.29 is 9.18 Å². The van der Waals surface area contributed by atoms with Crippen molar-refractivity contribution in [1.29, 1.82) is 5.26 Å². The number of halogens is 2. The van der Waals surface area contributed by atoms with Gasteiger partial charge in [-0.15, -0.1) is 0 Å². The van der Waals surface area contributed by atoms with Gasteiger partial charge < -0.3 is 4.98 Å². The van der Waals surface area contributed by atoms with Crippen LogP contribution in [0.25, 0.3) is 10.9 Å². The number of benzene rings is 2. The summed E-state index contributed by atoms with van der Waals surface area (Å²) in [6.45, 7) is 0. The fourth-order valence-corrected chi connectivity index (χ4v) is 2.46. The van der Waals surface area contributed by atoms with Gasteiger partial charge in [0.25, 0.3) is 0 Å². The van der Waals surface area contributed by atoms with E-state index < -0.39 is 11.6 Å². The first-order valence-electron chi connectivity index (χ1n) is 6.12. The number of aromatic nitrogens is 1. The first kappa shape index (κ1) is 13.3. The second-order valence-corrected chi connectivity index (χ2v) is 4.88. The first-order chi connectivity index (χ1) is 10.1. The van der Waals surface area contributed by atoms with E-state index in [0.29, 0.717) is 16.5 Å². The van der Waals surface area contributed by atoms with Crippen LogP contribution in [0.15, 0.2) is 42.6 Å². The third-order valence-electron chi connectivity index (χ3n) is 3.27. The smallest absolute Gasteiger partial charge is 0.198 e. The van der Waals surface area contributed by atoms with Crippen molar-refractivity contribution in [1.82, 2.24) is 4.98 Å². The molecule has 1 aromatic heterocycles. The van der Waals surface area contributed by atoms with E-state index in [-0.39, 0.29) is 16.1 Å². The number of carbonyl (C=O) groups excluding carboxylic acids is 1. The van der Waals surface area contributed by atoms with Gasteiger partial charge in [-0.2, -0.15) is 5.26 Å². The van der Waals surface area contributed by atoms with E-state index >= 15 is 0 Å². The number of hydrogen-bond acceptors (Lipinski definition) is 2. The van der Waals surface area contributed by atoms with Crippen LogP contribution in [-0.4, -0.2) is 10.8 Å². The average Bonchev–Trinajstić information content (AvgIpc) is 2.93. The molecule has 1 heterocycles. The molecule has 0 unspecified atom stereocenters. The summed E-state index contributed by atoms with van der Waals surface area (Å²) in [6.07, 6.45) is 1.48. The number of ketones is 1. The Labute approximate surface area is 124 Å². The van der Waals surface area contributed by atoms with E-state index in [9.17, 15) is 9.18 Å². The van der Waals surface area contributed by atoms with Crippen LogP contribution < -0.4 is 0 Å². The first-order valence-corrected chi connectivity index (χ1v) is 6.50.